The molecule has 3 aromatic carbocycles. The van der Waals surface area contributed by atoms with E-state index in [0.29, 0.717) is 11.1 Å². The first kappa shape index (κ1) is 27.5. The van der Waals surface area contributed by atoms with Crippen molar-refractivity contribution < 1.29 is 29.6 Å². The van der Waals surface area contributed by atoms with E-state index in [9.17, 15) is 14.7 Å². The third-order valence-corrected chi connectivity index (χ3v) is 8.66. The van der Waals surface area contributed by atoms with Crippen molar-refractivity contribution in [2.45, 2.75) is 50.0 Å². The number of aliphatic hydroxyl groups excluding tert-OH is 1. The normalized spacial score (nSPS) is 24.6. The molecule has 4 aliphatic carbocycles. The van der Waals surface area contributed by atoms with Crippen LogP contribution in [-0.2, 0) is 5.41 Å². The van der Waals surface area contributed by atoms with Crippen LogP contribution in [0.3, 0.4) is 0 Å². The van der Waals surface area contributed by atoms with Crippen LogP contribution in [-0.4, -0.2) is 34.4 Å². The molecule has 0 amide bonds. The van der Waals surface area contributed by atoms with Gasteiger partial charge in [0.2, 0.25) is 0 Å². The summed E-state index contributed by atoms with van der Waals surface area (Å²) in [5.74, 6) is 7.41. The maximum absolute atomic E-state index is 11.0. The van der Waals surface area contributed by atoms with Gasteiger partial charge >= 0.3 is 11.9 Å². The maximum Gasteiger partial charge on any atom is 0.335 e. The molecule has 4 bridgehead atoms. The fourth-order valence-corrected chi connectivity index (χ4v) is 7.27. The van der Waals surface area contributed by atoms with Gasteiger partial charge in [0.05, 0.1) is 18.2 Å². The van der Waals surface area contributed by atoms with Crippen LogP contribution < -0.4 is 4.74 Å². The molecule has 4 fully saturated rings. The molecule has 0 heterocycles. The Bertz CT molecular complexity index is 1400. The number of ether oxygens (including phenoxy) is 1. The van der Waals surface area contributed by atoms with Gasteiger partial charge in [0.1, 0.15) is 11.9 Å². The molecule has 0 aromatic heterocycles. The van der Waals surface area contributed by atoms with Crippen molar-refractivity contribution in [3.8, 4) is 17.6 Å². The quantitative estimate of drug-likeness (QED) is 0.328. The van der Waals surface area contributed by atoms with Gasteiger partial charge in [-0.1, -0.05) is 42.2 Å². The van der Waals surface area contributed by atoms with Gasteiger partial charge in [-0.2, -0.15) is 0 Å². The Morgan fingerprint density at radius 1 is 0.825 bits per heavy atom. The first-order valence-electron chi connectivity index (χ1n) is 13.8. The maximum atomic E-state index is 11.0. The first-order chi connectivity index (χ1) is 19.3. The standard InChI is InChI=1S/C27H28O4.C7H6O2/c1-31-25-13-22(24(28)9-4-17-2-5-21(6-3-17)26(29)30)7-8-23(25)27-14-18-10-19(15-27)12-20(11-18)16-27;8-7(9)6-4-2-1-3-5-6/h2-3,5-8,13,18-20,24,28H,10-12,14-16H2,1H3,(H,29,30);1-5H,(H,8,9). The Morgan fingerprint density at radius 2 is 1.38 bits per heavy atom. The zero-order chi connectivity index (χ0) is 28.3. The Kier molecular flexibility index (Phi) is 7.95. The van der Waals surface area contributed by atoms with Gasteiger partial charge in [0.25, 0.3) is 0 Å². The number of aliphatic hydroxyl groups is 1. The second-order valence-corrected chi connectivity index (χ2v) is 11.4. The fourth-order valence-electron chi connectivity index (χ4n) is 7.27. The molecular weight excluding hydrogens is 504 g/mol. The van der Waals surface area contributed by atoms with Crippen LogP contribution in [0.1, 0.15) is 82.0 Å². The molecule has 3 aromatic rings. The molecule has 6 heteroatoms. The number of methoxy groups -OCH3 is 1. The summed E-state index contributed by atoms with van der Waals surface area (Å²) in [5, 5.41) is 28.0. The second kappa shape index (κ2) is 11.6. The van der Waals surface area contributed by atoms with Gasteiger partial charge in [-0.15, -0.1) is 0 Å². The first-order valence-corrected chi connectivity index (χ1v) is 13.8. The van der Waals surface area contributed by atoms with Crippen LogP contribution in [0.15, 0.2) is 72.8 Å². The van der Waals surface area contributed by atoms with Crippen LogP contribution in [0, 0.1) is 29.6 Å². The molecule has 40 heavy (non-hydrogen) atoms. The summed E-state index contributed by atoms with van der Waals surface area (Å²) in [4.78, 5) is 21.2. The minimum Gasteiger partial charge on any atom is -0.496 e. The van der Waals surface area contributed by atoms with E-state index in [2.05, 4.69) is 17.9 Å². The lowest BCUT2D eigenvalue weighted by Gasteiger charge is -2.57. The number of carboxylic acid groups (broad SMARTS) is 2. The van der Waals surface area contributed by atoms with Crippen molar-refractivity contribution in [1.82, 2.24) is 0 Å². The highest BCUT2D eigenvalue weighted by Gasteiger charge is 2.52. The van der Waals surface area contributed by atoms with Crippen LogP contribution in [0.25, 0.3) is 0 Å². The van der Waals surface area contributed by atoms with Crippen LogP contribution >= 0.6 is 0 Å². The molecule has 1 atom stereocenters. The third kappa shape index (κ3) is 5.90. The number of carbonyl (C=O) groups is 2. The Balaban J connectivity index is 0.000000306. The summed E-state index contributed by atoms with van der Waals surface area (Å²) >= 11 is 0. The second-order valence-electron chi connectivity index (χ2n) is 11.4. The van der Waals surface area contributed by atoms with E-state index >= 15 is 0 Å². The Morgan fingerprint density at radius 3 is 1.88 bits per heavy atom. The molecule has 3 N–H and O–H groups in total. The van der Waals surface area contributed by atoms with Crippen LogP contribution in [0.2, 0.25) is 0 Å². The van der Waals surface area contributed by atoms with E-state index in [1.54, 1.807) is 49.6 Å². The SMILES string of the molecule is COc1cc(C(O)C#Cc2ccc(C(=O)O)cc2)ccc1C12CC3CC(CC(C3)C1)C2.O=C(O)c1ccccc1. The van der Waals surface area contributed by atoms with Crippen molar-refractivity contribution in [3.63, 3.8) is 0 Å². The smallest absolute Gasteiger partial charge is 0.335 e. The number of aromatic carboxylic acids is 2. The number of hydrogen-bond donors (Lipinski definition) is 3. The minimum absolute atomic E-state index is 0.219. The molecule has 0 aliphatic heterocycles. The average molecular weight is 539 g/mol. The van der Waals surface area contributed by atoms with Crippen molar-refractivity contribution in [3.05, 3.63) is 101 Å². The van der Waals surface area contributed by atoms with Crippen LogP contribution in [0.4, 0.5) is 0 Å². The number of carboxylic acids is 2. The molecule has 206 valence electrons. The topological polar surface area (TPSA) is 104 Å². The van der Waals surface area contributed by atoms with E-state index in [0.717, 1.165) is 29.1 Å². The van der Waals surface area contributed by atoms with Gasteiger partial charge in [-0.3, -0.25) is 0 Å². The predicted octanol–water partition coefficient (Wildman–Crippen LogP) is 6.33. The van der Waals surface area contributed by atoms with Gasteiger partial charge in [0.15, 0.2) is 0 Å². The number of benzene rings is 3. The summed E-state index contributed by atoms with van der Waals surface area (Å²) in [5.41, 5.74) is 3.48. The Labute approximate surface area is 234 Å². The molecule has 6 nitrogen and oxygen atoms in total. The molecule has 7 rings (SSSR count). The van der Waals surface area contributed by atoms with E-state index in [4.69, 9.17) is 14.9 Å². The molecule has 4 saturated carbocycles. The van der Waals surface area contributed by atoms with Gasteiger partial charge in [-0.25, -0.2) is 9.59 Å². The summed E-state index contributed by atoms with van der Waals surface area (Å²) in [6.45, 7) is 0. The molecule has 0 spiro atoms. The monoisotopic (exact) mass is 538 g/mol. The molecule has 0 radical (unpaired) electrons. The van der Waals surface area contributed by atoms with Crippen LogP contribution in [0.5, 0.6) is 5.75 Å². The summed E-state index contributed by atoms with van der Waals surface area (Å²) in [6, 6.07) is 20.7. The highest BCUT2D eigenvalue weighted by Crippen LogP contribution is 2.61. The lowest BCUT2D eigenvalue weighted by atomic mass is 9.48. The van der Waals surface area contributed by atoms with Crippen molar-refractivity contribution >= 4 is 11.9 Å². The van der Waals surface area contributed by atoms with E-state index in [1.165, 1.54) is 56.2 Å². The third-order valence-electron chi connectivity index (χ3n) is 8.66. The fraction of sp³-hybridized carbons (Fsp3) is 0.353. The van der Waals surface area contributed by atoms with Crippen molar-refractivity contribution in [1.29, 1.82) is 0 Å². The van der Waals surface area contributed by atoms with E-state index in [-0.39, 0.29) is 11.0 Å². The molecule has 0 saturated heterocycles. The zero-order valence-corrected chi connectivity index (χ0v) is 22.5. The predicted molar refractivity (Wildman–Crippen MR) is 151 cm³/mol. The average Bonchev–Trinajstić information content (AvgIpc) is 2.96. The number of hydrogen-bond acceptors (Lipinski definition) is 4. The van der Waals surface area contributed by atoms with E-state index < -0.39 is 18.0 Å². The lowest BCUT2D eigenvalue weighted by molar-refractivity contribution is -0.00618. The van der Waals surface area contributed by atoms with Gasteiger partial charge < -0.3 is 20.1 Å². The van der Waals surface area contributed by atoms with Gasteiger partial charge in [-0.05, 0) is 110 Å². The molecular formula is C34H34O6. The van der Waals surface area contributed by atoms with E-state index in [1.807, 2.05) is 12.1 Å². The Hall–Kier alpha value is -4.08. The molecule has 1 unspecified atom stereocenters. The van der Waals surface area contributed by atoms with Crippen molar-refractivity contribution in [2.24, 2.45) is 17.8 Å². The summed E-state index contributed by atoms with van der Waals surface area (Å²) < 4.78 is 5.81. The lowest BCUT2D eigenvalue weighted by Crippen LogP contribution is -2.48. The molecule has 4 aliphatic rings. The minimum atomic E-state index is -0.967. The summed E-state index contributed by atoms with van der Waals surface area (Å²) in [7, 11) is 1.71. The van der Waals surface area contributed by atoms with Gasteiger partial charge in [0, 0.05) is 11.1 Å². The highest BCUT2D eigenvalue weighted by molar-refractivity contribution is 5.88. The number of rotatable bonds is 5. The van der Waals surface area contributed by atoms with Crippen molar-refractivity contribution in [2.75, 3.05) is 7.11 Å². The largest absolute Gasteiger partial charge is 0.496 e. The zero-order valence-electron chi connectivity index (χ0n) is 22.5. The summed E-state index contributed by atoms with van der Waals surface area (Å²) in [6.07, 6.45) is 7.08. The highest BCUT2D eigenvalue weighted by atomic mass is 16.5.